The van der Waals surface area contributed by atoms with E-state index in [0.29, 0.717) is 5.13 Å². The molecule has 2 aromatic heterocycles. The van der Waals surface area contributed by atoms with E-state index in [9.17, 15) is 9.90 Å². The van der Waals surface area contributed by atoms with Crippen LogP contribution in [0.4, 0.5) is 9.93 Å². The molecule has 0 aliphatic heterocycles. The Bertz CT molecular complexity index is 614. The number of carbonyl (C=O) groups excluding carboxylic acids is 1. The smallest absolute Gasteiger partial charge is 0.321 e. The van der Waals surface area contributed by atoms with Crippen molar-refractivity contribution in [3.05, 3.63) is 29.9 Å². The molecule has 1 unspecified atom stereocenters. The molecule has 0 bridgehead atoms. The average molecular weight is 334 g/mol. The molecule has 0 radical (unpaired) electrons. The fourth-order valence-electron chi connectivity index (χ4n) is 2.32. The molecule has 2 amide bonds. The molecule has 2 rings (SSSR count). The van der Waals surface area contributed by atoms with Crippen molar-refractivity contribution in [2.45, 2.75) is 32.8 Å². The maximum atomic E-state index is 11.9. The lowest BCUT2D eigenvalue weighted by atomic mass is 9.97. The minimum atomic E-state index is -0.530. The lowest BCUT2D eigenvalue weighted by molar-refractivity contribution is 0.104. The van der Waals surface area contributed by atoms with Crippen LogP contribution in [0.2, 0.25) is 0 Å². The minimum Gasteiger partial charge on any atom is -0.391 e. The molecule has 0 saturated carbocycles. The lowest BCUT2D eigenvalue weighted by Crippen LogP contribution is -2.38. The molecule has 0 saturated heterocycles. The van der Waals surface area contributed by atoms with E-state index in [-0.39, 0.29) is 18.5 Å². The van der Waals surface area contributed by atoms with Gasteiger partial charge >= 0.3 is 6.03 Å². The number of rotatable bonds is 7. The van der Waals surface area contributed by atoms with Crippen LogP contribution in [0.15, 0.2) is 29.9 Å². The van der Waals surface area contributed by atoms with E-state index in [1.807, 2.05) is 31.4 Å². The van der Waals surface area contributed by atoms with Crippen molar-refractivity contribution in [2.24, 2.45) is 5.92 Å². The quantitative estimate of drug-likeness (QED) is 0.726. The zero-order valence-electron chi connectivity index (χ0n) is 13.3. The number of hydrogen-bond donors (Lipinski definition) is 3. The van der Waals surface area contributed by atoms with E-state index < -0.39 is 6.10 Å². The Kier molecular flexibility index (Phi) is 6.49. The summed E-state index contributed by atoms with van der Waals surface area (Å²) in [7, 11) is 0. The molecule has 0 aromatic carbocycles. The van der Waals surface area contributed by atoms with Gasteiger partial charge < -0.3 is 10.4 Å². The first-order valence-corrected chi connectivity index (χ1v) is 8.60. The maximum Gasteiger partial charge on any atom is 0.321 e. The summed E-state index contributed by atoms with van der Waals surface area (Å²) in [5.74, 6) is 0.201. The number of carbonyl (C=O) groups is 1. The largest absolute Gasteiger partial charge is 0.391 e. The summed E-state index contributed by atoms with van der Waals surface area (Å²) >= 11 is 1.35. The Morgan fingerprint density at radius 2 is 2.17 bits per heavy atom. The number of hydrogen-bond acceptors (Lipinski definition) is 5. The van der Waals surface area contributed by atoms with Gasteiger partial charge in [-0.1, -0.05) is 26.7 Å². The van der Waals surface area contributed by atoms with E-state index in [1.165, 1.54) is 11.3 Å². The van der Waals surface area contributed by atoms with Crippen LogP contribution >= 0.6 is 11.3 Å². The van der Waals surface area contributed by atoms with Crippen molar-refractivity contribution in [2.75, 3.05) is 11.9 Å². The lowest BCUT2D eigenvalue weighted by Gasteiger charge is -2.20. The first kappa shape index (κ1) is 17.4. The number of anilines is 1. The van der Waals surface area contributed by atoms with Gasteiger partial charge in [-0.3, -0.25) is 10.3 Å². The molecule has 0 spiro atoms. The van der Waals surface area contributed by atoms with Gasteiger partial charge in [-0.2, -0.15) is 0 Å². The second-order valence-electron chi connectivity index (χ2n) is 5.26. The number of aliphatic hydroxyl groups excluding tert-OH is 1. The number of pyridine rings is 1. The topological polar surface area (TPSA) is 87.1 Å². The molecule has 2 aromatic rings. The summed E-state index contributed by atoms with van der Waals surface area (Å²) in [4.78, 5) is 20.3. The van der Waals surface area contributed by atoms with Crippen LogP contribution in [-0.4, -0.2) is 33.8 Å². The SMILES string of the molecule is CCC(CC)C(O)CNC(=O)Nc1nc(-c2cccnc2)cs1. The van der Waals surface area contributed by atoms with Crippen LogP contribution in [-0.2, 0) is 0 Å². The van der Waals surface area contributed by atoms with Gasteiger partial charge in [0.15, 0.2) is 5.13 Å². The van der Waals surface area contributed by atoms with Crippen LogP contribution in [0.1, 0.15) is 26.7 Å². The van der Waals surface area contributed by atoms with Crippen molar-refractivity contribution >= 4 is 22.5 Å². The highest BCUT2D eigenvalue weighted by molar-refractivity contribution is 7.14. The number of thiazole rings is 1. The fourth-order valence-corrected chi connectivity index (χ4v) is 3.03. The minimum absolute atomic E-state index is 0.201. The fraction of sp³-hybridized carbons (Fsp3) is 0.438. The molecule has 0 aliphatic carbocycles. The summed E-state index contributed by atoms with van der Waals surface area (Å²) in [5, 5.41) is 17.8. The summed E-state index contributed by atoms with van der Waals surface area (Å²) < 4.78 is 0. The average Bonchev–Trinajstić information content (AvgIpc) is 3.03. The second kappa shape index (κ2) is 8.59. The van der Waals surface area contributed by atoms with Crippen LogP contribution in [0, 0.1) is 5.92 Å². The van der Waals surface area contributed by atoms with Gasteiger partial charge in [0.25, 0.3) is 0 Å². The summed E-state index contributed by atoms with van der Waals surface area (Å²) in [6.45, 7) is 4.30. The second-order valence-corrected chi connectivity index (χ2v) is 6.12. The number of aliphatic hydroxyl groups is 1. The zero-order valence-corrected chi connectivity index (χ0v) is 14.1. The Labute approximate surface area is 140 Å². The third kappa shape index (κ3) is 5.01. The highest BCUT2D eigenvalue weighted by Crippen LogP contribution is 2.23. The standard InChI is InChI=1S/C16H22N4O2S/c1-3-11(4-2)14(21)9-18-15(22)20-16-19-13(10-23-16)12-6-5-7-17-8-12/h5-8,10-11,14,21H,3-4,9H2,1-2H3,(H2,18,19,20,22). The molecule has 3 N–H and O–H groups in total. The molecule has 23 heavy (non-hydrogen) atoms. The summed E-state index contributed by atoms with van der Waals surface area (Å²) in [6, 6.07) is 3.40. The normalized spacial score (nSPS) is 12.2. The maximum absolute atomic E-state index is 11.9. The van der Waals surface area contributed by atoms with E-state index in [0.717, 1.165) is 24.1 Å². The van der Waals surface area contributed by atoms with Crippen LogP contribution in [0.3, 0.4) is 0 Å². The molecule has 1 atom stereocenters. The van der Waals surface area contributed by atoms with E-state index >= 15 is 0 Å². The van der Waals surface area contributed by atoms with Crippen LogP contribution in [0.5, 0.6) is 0 Å². The van der Waals surface area contributed by atoms with Gasteiger partial charge in [-0.15, -0.1) is 11.3 Å². The predicted octanol–water partition coefficient (Wildman–Crippen LogP) is 3.12. The molecule has 7 heteroatoms. The Morgan fingerprint density at radius 1 is 1.39 bits per heavy atom. The van der Waals surface area contributed by atoms with Crippen molar-refractivity contribution in [3.8, 4) is 11.3 Å². The Morgan fingerprint density at radius 3 is 2.83 bits per heavy atom. The van der Waals surface area contributed by atoms with Crippen LogP contribution in [0.25, 0.3) is 11.3 Å². The molecule has 124 valence electrons. The number of nitrogens with zero attached hydrogens (tertiary/aromatic N) is 2. The highest BCUT2D eigenvalue weighted by Gasteiger charge is 2.16. The Hall–Kier alpha value is -1.99. The molecular formula is C16H22N4O2S. The van der Waals surface area contributed by atoms with Crippen LogP contribution < -0.4 is 10.6 Å². The van der Waals surface area contributed by atoms with Gasteiger partial charge in [0.2, 0.25) is 0 Å². The monoisotopic (exact) mass is 334 g/mol. The van der Waals surface area contributed by atoms with Crippen molar-refractivity contribution < 1.29 is 9.90 Å². The van der Waals surface area contributed by atoms with E-state index in [1.54, 1.807) is 12.4 Å². The van der Waals surface area contributed by atoms with Gasteiger partial charge in [-0.05, 0) is 18.1 Å². The van der Waals surface area contributed by atoms with Crippen molar-refractivity contribution in [1.82, 2.24) is 15.3 Å². The van der Waals surface area contributed by atoms with Gasteiger partial charge in [0, 0.05) is 29.9 Å². The first-order chi connectivity index (χ1) is 11.1. The van der Waals surface area contributed by atoms with Gasteiger partial charge in [0.1, 0.15) is 0 Å². The first-order valence-electron chi connectivity index (χ1n) is 7.72. The number of nitrogens with one attached hydrogen (secondary N) is 2. The zero-order chi connectivity index (χ0) is 16.7. The molecule has 2 heterocycles. The van der Waals surface area contributed by atoms with E-state index in [2.05, 4.69) is 20.6 Å². The molecule has 0 fully saturated rings. The van der Waals surface area contributed by atoms with Crippen molar-refractivity contribution in [3.63, 3.8) is 0 Å². The molecule has 6 nitrogen and oxygen atoms in total. The third-order valence-electron chi connectivity index (χ3n) is 3.75. The molecule has 0 aliphatic rings. The number of amides is 2. The third-order valence-corrected chi connectivity index (χ3v) is 4.50. The summed E-state index contributed by atoms with van der Waals surface area (Å²) in [6.07, 6.45) is 4.68. The van der Waals surface area contributed by atoms with Gasteiger partial charge in [-0.25, -0.2) is 9.78 Å². The molecular weight excluding hydrogens is 312 g/mol. The van der Waals surface area contributed by atoms with Gasteiger partial charge in [0.05, 0.1) is 11.8 Å². The highest BCUT2D eigenvalue weighted by atomic mass is 32.1. The van der Waals surface area contributed by atoms with Crippen molar-refractivity contribution in [1.29, 1.82) is 0 Å². The van der Waals surface area contributed by atoms with E-state index in [4.69, 9.17) is 0 Å². The predicted molar refractivity (Wildman–Crippen MR) is 92.4 cm³/mol. The summed E-state index contributed by atoms with van der Waals surface area (Å²) in [5.41, 5.74) is 1.68. The number of urea groups is 1. The number of aromatic nitrogens is 2. The Balaban J connectivity index is 1.85.